The number of para-hydroxylation sites is 1. The van der Waals surface area contributed by atoms with Crippen molar-refractivity contribution in [3.8, 4) is 11.5 Å². The van der Waals surface area contributed by atoms with Crippen molar-refractivity contribution in [2.24, 2.45) is 0 Å². The van der Waals surface area contributed by atoms with Gasteiger partial charge in [0.25, 0.3) is 11.5 Å². The number of hydrogen-bond acceptors (Lipinski definition) is 7. The second kappa shape index (κ2) is 9.64. The second-order valence-electron chi connectivity index (χ2n) is 8.13. The Labute approximate surface area is 200 Å². The first kappa shape index (κ1) is 22.1. The molecule has 0 radical (unpaired) electrons. The maximum atomic E-state index is 12.7. The Hall–Kier alpha value is -3.72. The fourth-order valence-electron chi connectivity index (χ4n) is 3.47. The molecule has 1 fully saturated rings. The van der Waals surface area contributed by atoms with E-state index < -0.39 is 6.10 Å². The van der Waals surface area contributed by atoms with Gasteiger partial charge < -0.3 is 14.8 Å². The molecule has 2 aromatic heterocycles. The Kier molecular flexibility index (Phi) is 6.27. The van der Waals surface area contributed by atoms with Crippen molar-refractivity contribution in [1.29, 1.82) is 0 Å². The van der Waals surface area contributed by atoms with Crippen LogP contribution >= 0.6 is 11.3 Å². The van der Waals surface area contributed by atoms with Crippen LogP contribution in [0.2, 0.25) is 0 Å². The average molecular weight is 477 g/mol. The Morgan fingerprint density at radius 3 is 2.71 bits per heavy atom. The molecule has 2 aromatic carbocycles. The van der Waals surface area contributed by atoms with Crippen LogP contribution in [0.15, 0.2) is 65.5 Å². The number of nitrogens with one attached hydrogen (secondary N) is 1. The molecule has 0 unspecified atom stereocenters. The van der Waals surface area contributed by atoms with Crippen LogP contribution in [0.1, 0.15) is 42.8 Å². The Morgan fingerprint density at radius 1 is 1.15 bits per heavy atom. The summed E-state index contributed by atoms with van der Waals surface area (Å²) in [5, 5.41) is 8.24. The predicted octanol–water partition coefficient (Wildman–Crippen LogP) is 4.40. The number of carbonyl (C=O) groups excluding carboxylic acids is 1. The van der Waals surface area contributed by atoms with Gasteiger partial charge >= 0.3 is 0 Å². The molecule has 34 heavy (non-hydrogen) atoms. The molecule has 174 valence electrons. The van der Waals surface area contributed by atoms with Crippen molar-refractivity contribution in [3.63, 3.8) is 0 Å². The summed E-state index contributed by atoms with van der Waals surface area (Å²) >= 11 is 1.46. The number of aromatic nitrogens is 3. The van der Waals surface area contributed by atoms with E-state index in [1.54, 1.807) is 24.3 Å². The van der Waals surface area contributed by atoms with Crippen molar-refractivity contribution in [2.45, 2.75) is 44.8 Å². The van der Waals surface area contributed by atoms with Gasteiger partial charge in [-0.2, -0.15) is 9.61 Å². The lowest BCUT2D eigenvalue weighted by molar-refractivity contribution is -0.122. The minimum absolute atomic E-state index is 0.133. The highest BCUT2D eigenvalue weighted by Gasteiger charge is 2.28. The summed E-state index contributed by atoms with van der Waals surface area (Å²) in [6.45, 7) is 2.03. The van der Waals surface area contributed by atoms with Crippen molar-refractivity contribution >= 4 is 27.9 Å². The maximum absolute atomic E-state index is 12.7. The minimum atomic E-state index is -0.615. The fourth-order valence-corrected chi connectivity index (χ4v) is 4.56. The summed E-state index contributed by atoms with van der Waals surface area (Å²) < 4.78 is 13.0. The lowest BCUT2D eigenvalue weighted by Crippen LogP contribution is -2.32. The van der Waals surface area contributed by atoms with E-state index in [0.29, 0.717) is 40.2 Å². The summed E-state index contributed by atoms with van der Waals surface area (Å²) in [4.78, 5) is 30.3. The molecule has 2 heterocycles. The van der Waals surface area contributed by atoms with Crippen LogP contribution in [0.25, 0.3) is 4.96 Å². The van der Waals surface area contributed by atoms with Gasteiger partial charge in [-0.3, -0.25) is 9.59 Å². The largest absolute Gasteiger partial charge is 0.487 e. The van der Waals surface area contributed by atoms with Crippen LogP contribution in [0, 0.1) is 0 Å². The highest BCUT2D eigenvalue weighted by molar-refractivity contribution is 7.16. The van der Waals surface area contributed by atoms with Crippen LogP contribution in [0.4, 0.5) is 5.69 Å². The molecule has 1 N–H and O–H groups in total. The Morgan fingerprint density at radius 2 is 1.94 bits per heavy atom. The maximum Gasteiger partial charge on any atom is 0.275 e. The monoisotopic (exact) mass is 476 g/mol. The van der Waals surface area contributed by atoms with Gasteiger partial charge in [-0.15, -0.1) is 0 Å². The molecule has 0 spiro atoms. The van der Waals surface area contributed by atoms with Crippen LogP contribution < -0.4 is 20.3 Å². The summed E-state index contributed by atoms with van der Waals surface area (Å²) in [5.74, 6) is 1.43. The molecule has 8 nitrogen and oxygen atoms in total. The van der Waals surface area contributed by atoms with E-state index in [1.165, 1.54) is 21.9 Å². The van der Waals surface area contributed by atoms with Crippen LogP contribution in [-0.4, -0.2) is 26.6 Å². The van der Waals surface area contributed by atoms with Crippen molar-refractivity contribution in [1.82, 2.24) is 14.6 Å². The number of amides is 1. The lowest BCUT2D eigenvalue weighted by Gasteiger charge is -2.17. The van der Waals surface area contributed by atoms with E-state index in [9.17, 15) is 9.59 Å². The molecule has 5 rings (SSSR count). The van der Waals surface area contributed by atoms with Crippen LogP contribution in [-0.2, 0) is 11.4 Å². The number of ether oxygens (including phenoxy) is 2. The standard InChI is InChI=1S/C25H24N4O4S/c1-2-21(33-19-8-4-3-5-9-19)23(31)26-17-7-6-10-20(13-17)32-15-18-14-22(30)29-25(27-18)34-24(28-29)16-11-12-16/h3-10,13-14,16,21H,2,11-12,15H2,1H3,(H,26,31)/t21-/m1/s1. The summed E-state index contributed by atoms with van der Waals surface area (Å²) in [6, 6.07) is 17.8. The predicted molar refractivity (Wildman–Crippen MR) is 130 cm³/mol. The zero-order chi connectivity index (χ0) is 23.5. The minimum Gasteiger partial charge on any atom is -0.487 e. The molecule has 0 bridgehead atoms. The molecular formula is C25H24N4O4S. The third kappa shape index (κ3) is 5.09. The number of anilines is 1. The number of benzene rings is 2. The first-order valence-corrected chi connectivity index (χ1v) is 12.1. The molecule has 0 saturated heterocycles. The van der Waals surface area contributed by atoms with Gasteiger partial charge in [-0.1, -0.05) is 42.5 Å². The normalized spacial score (nSPS) is 14.0. The molecule has 4 aromatic rings. The summed E-state index contributed by atoms with van der Waals surface area (Å²) in [5.41, 5.74) is 0.919. The summed E-state index contributed by atoms with van der Waals surface area (Å²) in [6.07, 6.45) is 2.15. The van der Waals surface area contributed by atoms with Crippen LogP contribution in [0.3, 0.4) is 0 Å². The molecule has 1 aliphatic carbocycles. The van der Waals surface area contributed by atoms with E-state index in [1.807, 2.05) is 37.3 Å². The fraction of sp³-hybridized carbons (Fsp3) is 0.280. The third-order valence-electron chi connectivity index (χ3n) is 5.41. The number of carbonyl (C=O) groups is 1. The highest BCUT2D eigenvalue weighted by Crippen LogP contribution is 2.41. The zero-order valence-corrected chi connectivity index (χ0v) is 19.5. The molecular weight excluding hydrogens is 452 g/mol. The van der Waals surface area contributed by atoms with E-state index in [2.05, 4.69) is 15.4 Å². The Bertz CT molecular complexity index is 1360. The Balaban J connectivity index is 1.23. The topological polar surface area (TPSA) is 94.8 Å². The average Bonchev–Trinajstić information content (AvgIpc) is 3.61. The van der Waals surface area contributed by atoms with Gasteiger partial charge in [0.1, 0.15) is 23.1 Å². The van der Waals surface area contributed by atoms with Crippen molar-refractivity contribution in [2.75, 3.05) is 5.32 Å². The van der Waals surface area contributed by atoms with E-state index in [0.717, 1.165) is 17.8 Å². The van der Waals surface area contributed by atoms with E-state index >= 15 is 0 Å². The van der Waals surface area contributed by atoms with E-state index in [-0.39, 0.29) is 18.1 Å². The first-order chi connectivity index (χ1) is 16.6. The SMILES string of the molecule is CC[C@@H](Oc1ccccc1)C(=O)Nc1cccc(OCc2cc(=O)n3nc(C4CC4)sc3n2)c1. The number of rotatable bonds is 9. The van der Waals surface area contributed by atoms with Gasteiger partial charge in [0.2, 0.25) is 4.96 Å². The van der Waals surface area contributed by atoms with Crippen molar-refractivity contribution in [3.05, 3.63) is 81.7 Å². The van der Waals surface area contributed by atoms with Gasteiger partial charge in [0, 0.05) is 23.7 Å². The highest BCUT2D eigenvalue weighted by atomic mass is 32.1. The van der Waals surface area contributed by atoms with Gasteiger partial charge in [0.05, 0.1) is 5.69 Å². The van der Waals surface area contributed by atoms with E-state index in [4.69, 9.17) is 9.47 Å². The van der Waals surface area contributed by atoms with Crippen LogP contribution in [0.5, 0.6) is 11.5 Å². The zero-order valence-electron chi connectivity index (χ0n) is 18.6. The lowest BCUT2D eigenvalue weighted by atomic mass is 10.2. The quantitative estimate of drug-likeness (QED) is 0.385. The number of fused-ring (bicyclic) bond motifs is 1. The van der Waals surface area contributed by atoms with Gasteiger partial charge in [-0.25, -0.2) is 4.98 Å². The van der Waals surface area contributed by atoms with Gasteiger partial charge in [0.15, 0.2) is 6.10 Å². The van der Waals surface area contributed by atoms with Crippen molar-refractivity contribution < 1.29 is 14.3 Å². The molecule has 0 aliphatic heterocycles. The first-order valence-electron chi connectivity index (χ1n) is 11.2. The summed E-state index contributed by atoms with van der Waals surface area (Å²) in [7, 11) is 0. The molecule has 1 saturated carbocycles. The second-order valence-corrected chi connectivity index (χ2v) is 9.12. The molecule has 1 atom stereocenters. The molecule has 1 aliphatic rings. The number of hydrogen-bond donors (Lipinski definition) is 1. The molecule has 1 amide bonds. The smallest absolute Gasteiger partial charge is 0.275 e. The molecule has 9 heteroatoms. The van der Waals surface area contributed by atoms with Gasteiger partial charge in [-0.05, 0) is 43.5 Å². The third-order valence-corrected chi connectivity index (χ3v) is 6.48. The number of nitrogens with zero attached hydrogens (tertiary/aromatic N) is 3.